The maximum atomic E-state index is 13.6. The molecule has 0 radical (unpaired) electrons. The summed E-state index contributed by atoms with van der Waals surface area (Å²) in [5.74, 6) is 1.40. The number of halogens is 3. The number of benzene rings is 3. The second-order valence-corrected chi connectivity index (χ2v) is 10.1. The number of anilines is 1. The Hall–Kier alpha value is -4.63. The first-order valence-corrected chi connectivity index (χ1v) is 13.4. The predicted molar refractivity (Wildman–Crippen MR) is 156 cm³/mol. The first kappa shape index (κ1) is 26.6. The molecule has 1 fully saturated rings. The summed E-state index contributed by atoms with van der Waals surface area (Å²) in [7, 11) is 0. The van der Waals surface area contributed by atoms with Crippen LogP contribution in [0.15, 0.2) is 116 Å². The fraction of sp³-hybridized carbons (Fsp3) is 0.125. The van der Waals surface area contributed by atoms with Gasteiger partial charge in [0.05, 0.1) is 17.3 Å². The molecule has 3 aromatic carbocycles. The molecule has 1 aliphatic rings. The van der Waals surface area contributed by atoms with E-state index in [4.69, 9.17) is 17.0 Å². The van der Waals surface area contributed by atoms with Crippen molar-refractivity contribution in [2.24, 2.45) is 0 Å². The van der Waals surface area contributed by atoms with E-state index in [1.807, 2.05) is 90.7 Å². The molecule has 0 aliphatic carbocycles. The van der Waals surface area contributed by atoms with Crippen molar-refractivity contribution in [2.45, 2.75) is 25.2 Å². The van der Waals surface area contributed by atoms with E-state index in [1.54, 1.807) is 23.0 Å². The van der Waals surface area contributed by atoms with E-state index in [0.29, 0.717) is 16.5 Å². The lowest BCUT2D eigenvalue weighted by atomic mass is 10.0. The van der Waals surface area contributed by atoms with Crippen LogP contribution in [0, 0.1) is 6.92 Å². The van der Waals surface area contributed by atoms with Crippen LogP contribution < -0.4 is 15.0 Å². The molecule has 1 saturated heterocycles. The Morgan fingerprint density at radius 3 is 2.24 bits per heavy atom. The molecule has 206 valence electrons. The number of hydrogen-bond acceptors (Lipinski definition) is 3. The van der Waals surface area contributed by atoms with Crippen molar-refractivity contribution in [3.8, 4) is 17.2 Å². The Morgan fingerprint density at radius 2 is 1.56 bits per heavy atom. The Balaban J connectivity index is 1.40. The summed E-state index contributed by atoms with van der Waals surface area (Å²) < 4.78 is 48.4. The van der Waals surface area contributed by atoms with E-state index in [1.165, 1.54) is 6.07 Å². The van der Waals surface area contributed by atoms with Gasteiger partial charge in [0.1, 0.15) is 17.5 Å². The van der Waals surface area contributed by atoms with Crippen LogP contribution >= 0.6 is 12.2 Å². The summed E-state index contributed by atoms with van der Waals surface area (Å²) in [5, 5.41) is 3.88. The molecule has 5 aromatic rings. The lowest BCUT2D eigenvalue weighted by Gasteiger charge is -2.29. The molecule has 1 N–H and O–H groups in total. The van der Waals surface area contributed by atoms with Crippen LogP contribution in [0.25, 0.3) is 5.69 Å². The van der Waals surface area contributed by atoms with E-state index in [9.17, 15) is 13.2 Å². The number of thiocarbonyl (C=S) groups is 1. The van der Waals surface area contributed by atoms with E-state index in [0.717, 1.165) is 40.5 Å². The molecule has 41 heavy (non-hydrogen) atoms. The first-order valence-electron chi connectivity index (χ1n) is 13.0. The van der Waals surface area contributed by atoms with Crippen LogP contribution in [-0.2, 0) is 6.18 Å². The SMILES string of the molecule is Cc1ccc(Oc2ccc(N3C(=S)N[C@H](c4ccccn4)[C@@H]3c3cccn3-c3cccc(C(F)(F)F)c3)cc2)cc1. The zero-order valence-corrected chi connectivity index (χ0v) is 22.7. The lowest BCUT2D eigenvalue weighted by molar-refractivity contribution is -0.137. The molecule has 6 rings (SSSR count). The van der Waals surface area contributed by atoms with Crippen LogP contribution in [0.1, 0.15) is 34.6 Å². The topological polar surface area (TPSA) is 42.3 Å². The normalized spacial score (nSPS) is 17.0. The number of alkyl halides is 3. The molecule has 0 bridgehead atoms. The minimum absolute atomic E-state index is 0.355. The highest BCUT2D eigenvalue weighted by atomic mass is 32.1. The molecular weight excluding hydrogens is 545 g/mol. The highest BCUT2D eigenvalue weighted by Crippen LogP contribution is 2.43. The maximum absolute atomic E-state index is 13.6. The standard InChI is InChI=1S/C32H25F3N4OS/c1-21-10-14-25(15-11-21)40-26-16-12-23(13-17-26)39-30(29(37-31(39)41)27-8-2-3-18-36-27)28-9-5-19-38(28)24-7-4-6-22(20-24)32(33,34)35/h2-20,29-30H,1H3,(H,37,41)/t29-,30+/m1/s1. The van der Waals surface area contributed by atoms with Crippen molar-refractivity contribution in [2.75, 3.05) is 4.90 Å². The van der Waals surface area contributed by atoms with Crippen LogP contribution in [0.4, 0.5) is 18.9 Å². The van der Waals surface area contributed by atoms with E-state index >= 15 is 0 Å². The van der Waals surface area contributed by atoms with Gasteiger partial charge in [-0.05, 0) is 98.0 Å². The second-order valence-electron chi connectivity index (χ2n) is 9.76. The second kappa shape index (κ2) is 10.7. The van der Waals surface area contributed by atoms with Gasteiger partial charge in [-0.2, -0.15) is 13.2 Å². The molecule has 0 saturated carbocycles. The third kappa shape index (κ3) is 5.40. The fourth-order valence-corrected chi connectivity index (χ4v) is 5.40. The number of hydrogen-bond donors (Lipinski definition) is 1. The summed E-state index contributed by atoms with van der Waals surface area (Å²) in [5.41, 5.74) is 3.16. The third-order valence-electron chi connectivity index (χ3n) is 7.00. The number of rotatable bonds is 6. The molecule has 0 spiro atoms. The third-order valence-corrected chi connectivity index (χ3v) is 7.32. The average Bonchev–Trinajstić information content (AvgIpc) is 3.59. The number of ether oxygens (including phenoxy) is 1. The summed E-state index contributed by atoms with van der Waals surface area (Å²) >= 11 is 5.83. The van der Waals surface area contributed by atoms with Gasteiger partial charge in [0.25, 0.3) is 0 Å². The van der Waals surface area contributed by atoms with Crippen molar-refractivity contribution in [1.82, 2.24) is 14.9 Å². The highest BCUT2D eigenvalue weighted by molar-refractivity contribution is 7.80. The van der Waals surface area contributed by atoms with Gasteiger partial charge >= 0.3 is 6.18 Å². The van der Waals surface area contributed by atoms with Crippen LogP contribution in [0.2, 0.25) is 0 Å². The van der Waals surface area contributed by atoms with E-state index in [-0.39, 0.29) is 6.04 Å². The van der Waals surface area contributed by atoms with E-state index < -0.39 is 17.8 Å². The monoisotopic (exact) mass is 570 g/mol. The molecule has 2 atom stereocenters. The molecule has 0 amide bonds. The van der Waals surface area contributed by atoms with Gasteiger partial charge in [-0.1, -0.05) is 29.8 Å². The Bertz CT molecular complexity index is 1670. The van der Waals surface area contributed by atoms with Crippen molar-refractivity contribution >= 4 is 23.0 Å². The number of nitrogens with zero attached hydrogens (tertiary/aromatic N) is 3. The van der Waals surface area contributed by atoms with E-state index in [2.05, 4.69) is 10.3 Å². The Morgan fingerprint density at radius 1 is 0.829 bits per heavy atom. The average molecular weight is 571 g/mol. The summed E-state index contributed by atoms with van der Waals surface area (Å²) in [6.07, 6.45) is -0.980. The molecule has 5 nitrogen and oxygen atoms in total. The molecule has 3 heterocycles. The van der Waals surface area contributed by atoms with Crippen molar-refractivity contribution < 1.29 is 17.9 Å². The number of aromatic nitrogens is 2. The van der Waals surface area contributed by atoms with Crippen molar-refractivity contribution in [3.05, 3.63) is 138 Å². The number of pyridine rings is 1. The van der Waals surface area contributed by atoms with Gasteiger partial charge in [0, 0.05) is 29.5 Å². The van der Waals surface area contributed by atoms with Gasteiger partial charge in [0.15, 0.2) is 5.11 Å². The Kier molecular flexibility index (Phi) is 6.96. The maximum Gasteiger partial charge on any atom is 0.416 e. The zero-order chi connectivity index (χ0) is 28.6. The van der Waals surface area contributed by atoms with Gasteiger partial charge < -0.3 is 19.5 Å². The van der Waals surface area contributed by atoms with Crippen LogP contribution in [-0.4, -0.2) is 14.7 Å². The molecule has 0 unspecified atom stereocenters. The quantitative estimate of drug-likeness (QED) is 0.209. The van der Waals surface area contributed by atoms with Gasteiger partial charge in [0.2, 0.25) is 0 Å². The molecule has 2 aromatic heterocycles. The smallest absolute Gasteiger partial charge is 0.416 e. The largest absolute Gasteiger partial charge is 0.457 e. The predicted octanol–water partition coefficient (Wildman–Crippen LogP) is 8.17. The summed E-state index contributed by atoms with van der Waals surface area (Å²) in [4.78, 5) is 6.55. The van der Waals surface area contributed by atoms with Gasteiger partial charge in [-0.3, -0.25) is 4.98 Å². The highest BCUT2D eigenvalue weighted by Gasteiger charge is 2.42. The summed E-state index contributed by atoms with van der Waals surface area (Å²) in [6.45, 7) is 2.02. The number of nitrogens with one attached hydrogen (secondary N) is 1. The number of aryl methyl sites for hydroxylation is 1. The summed E-state index contributed by atoms with van der Waals surface area (Å²) in [6, 6.07) is 29.3. The first-order chi connectivity index (χ1) is 19.8. The van der Waals surface area contributed by atoms with Gasteiger partial charge in [-0.15, -0.1) is 0 Å². The fourth-order valence-electron chi connectivity index (χ4n) is 5.05. The Labute approximate surface area is 240 Å². The van der Waals surface area contributed by atoms with Crippen LogP contribution in [0.3, 0.4) is 0 Å². The van der Waals surface area contributed by atoms with Gasteiger partial charge in [-0.25, -0.2) is 0 Å². The molecular formula is C32H25F3N4OS. The molecule has 1 aliphatic heterocycles. The zero-order valence-electron chi connectivity index (χ0n) is 21.9. The van der Waals surface area contributed by atoms with Crippen molar-refractivity contribution in [1.29, 1.82) is 0 Å². The molecule has 9 heteroatoms. The van der Waals surface area contributed by atoms with Crippen molar-refractivity contribution in [3.63, 3.8) is 0 Å². The minimum atomic E-state index is -4.45. The minimum Gasteiger partial charge on any atom is -0.457 e. The lowest BCUT2D eigenvalue weighted by Crippen LogP contribution is -2.30. The van der Waals surface area contributed by atoms with Crippen LogP contribution in [0.5, 0.6) is 11.5 Å².